The molecule has 4 heteroatoms. The number of hydrogen-bond donors (Lipinski definition) is 0. The summed E-state index contributed by atoms with van der Waals surface area (Å²) in [6.07, 6.45) is 5.88. The molecular weight excluding hydrogens is 236 g/mol. The Bertz CT molecular complexity index is 438. The average Bonchev–Trinajstić information content (AvgIpc) is 2.37. The van der Waals surface area contributed by atoms with E-state index in [2.05, 4.69) is 0 Å². The molecule has 0 amide bonds. The van der Waals surface area contributed by atoms with Crippen LogP contribution in [-0.4, -0.2) is 6.61 Å². The van der Waals surface area contributed by atoms with Gasteiger partial charge in [0.25, 0.3) is 0 Å². The highest BCUT2D eigenvalue weighted by atomic mass is 19.1. The first kappa shape index (κ1) is 12.8. The fourth-order valence-corrected chi connectivity index (χ4v) is 2.31. The summed E-state index contributed by atoms with van der Waals surface area (Å²) in [6.45, 7) is 0.491. The monoisotopic (exact) mass is 251 g/mol. The molecule has 1 aromatic carbocycles. The molecule has 96 valence electrons. The molecule has 1 aliphatic carbocycles. The standard InChI is InChI=1S/C14H15F2NO/c15-13-6-11(7-14(16)12(13)8-17)18-9-10-4-2-1-3-5-10/h6-7,10H,1-5,9H2. The number of halogens is 2. The second-order valence-electron chi connectivity index (χ2n) is 4.69. The lowest BCUT2D eigenvalue weighted by Crippen LogP contribution is -2.15. The Balaban J connectivity index is 1.99. The van der Waals surface area contributed by atoms with E-state index < -0.39 is 17.2 Å². The SMILES string of the molecule is N#Cc1c(F)cc(OCC2CCCCC2)cc1F. The van der Waals surface area contributed by atoms with E-state index in [1.807, 2.05) is 0 Å². The van der Waals surface area contributed by atoms with Gasteiger partial charge in [-0.3, -0.25) is 0 Å². The fourth-order valence-electron chi connectivity index (χ4n) is 2.31. The van der Waals surface area contributed by atoms with Gasteiger partial charge in [-0.05, 0) is 18.8 Å². The van der Waals surface area contributed by atoms with Crippen molar-refractivity contribution in [3.05, 3.63) is 29.3 Å². The Morgan fingerprint density at radius 1 is 1.17 bits per heavy atom. The van der Waals surface area contributed by atoms with Gasteiger partial charge in [-0.15, -0.1) is 0 Å². The lowest BCUT2D eigenvalue weighted by atomic mass is 9.90. The maximum absolute atomic E-state index is 13.3. The summed E-state index contributed by atoms with van der Waals surface area (Å²) in [5.74, 6) is -1.10. The minimum Gasteiger partial charge on any atom is -0.493 e. The van der Waals surface area contributed by atoms with E-state index in [9.17, 15) is 8.78 Å². The Hall–Kier alpha value is -1.63. The minimum absolute atomic E-state index is 0.162. The summed E-state index contributed by atoms with van der Waals surface area (Å²) < 4.78 is 32.1. The highest BCUT2D eigenvalue weighted by molar-refractivity contribution is 5.37. The van der Waals surface area contributed by atoms with Gasteiger partial charge in [-0.1, -0.05) is 19.3 Å². The van der Waals surface area contributed by atoms with Gasteiger partial charge in [-0.2, -0.15) is 5.26 Å². The third-order valence-electron chi connectivity index (χ3n) is 3.34. The molecular formula is C14H15F2NO. The zero-order valence-electron chi connectivity index (χ0n) is 10.1. The maximum Gasteiger partial charge on any atom is 0.147 e. The molecule has 1 aromatic rings. The first-order chi connectivity index (χ1) is 8.70. The molecule has 1 fully saturated rings. The summed E-state index contributed by atoms with van der Waals surface area (Å²) in [6, 6.07) is 3.64. The number of benzene rings is 1. The van der Waals surface area contributed by atoms with E-state index in [0.29, 0.717) is 12.5 Å². The van der Waals surface area contributed by atoms with Gasteiger partial charge in [0.15, 0.2) is 0 Å². The van der Waals surface area contributed by atoms with Crippen molar-refractivity contribution in [3.8, 4) is 11.8 Å². The van der Waals surface area contributed by atoms with Crippen LogP contribution in [0.5, 0.6) is 5.75 Å². The normalized spacial score (nSPS) is 16.3. The summed E-state index contributed by atoms with van der Waals surface area (Å²) in [5, 5.41) is 8.55. The molecule has 0 heterocycles. The van der Waals surface area contributed by atoms with Gasteiger partial charge >= 0.3 is 0 Å². The predicted octanol–water partition coefficient (Wildman–Crippen LogP) is 3.80. The first-order valence-electron chi connectivity index (χ1n) is 6.22. The van der Waals surface area contributed by atoms with Crippen LogP contribution >= 0.6 is 0 Å². The van der Waals surface area contributed by atoms with Crippen LogP contribution in [0.3, 0.4) is 0 Å². The van der Waals surface area contributed by atoms with Crippen molar-refractivity contribution >= 4 is 0 Å². The molecule has 0 spiro atoms. The molecule has 18 heavy (non-hydrogen) atoms. The number of nitriles is 1. The zero-order chi connectivity index (χ0) is 13.0. The van der Waals surface area contributed by atoms with Crippen LogP contribution in [0.4, 0.5) is 8.78 Å². The highest BCUT2D eigenvalue weighted by Crippen LogP contribution is 2.26. The second-order valence-corrected chi connectivity index (χ2v) is 4.69. The van der Waals surface area contributed by atoms with Gasteiger partial charge in [-0.25, -0.2) is 8.78 Å². The zero-order valence-corrected chi connectivity index (χ0v) is 10.1. The molecule has 0 N–H and O–H groups in total. The van der Waals surface area contributed by atoms with Crippen LogP contribution in [0.2, 0.25) is 0 Å². The average molecular weight is 251 g/mol. The van der Waals surface area contributed by atoms with Crippen molar-refractivity contribution in [1.82, 2.24) is 0 Å². The number of rotatable bonds is 3. The summed E-state index contributed by atoms with van der Waals surface area (Å²) in [5.41, 5.74) is -0.556. The summed E-state index contributed by atoms with van der Waals surface area (Å²) >= 11 is 0. The van der Waals surface area contributed by atoms with Crippen molar-refractivity contribution < 1.29 is 13.5 Å². The Kier molecular flexibility index (Phi) is 4.14. The van der Waals surface area contributed by atoms with Crippen LogP contribution in [0, 0.1) is 28.9 Å². The second kappa shape index (κ2) is 5.81. The fraction of sp³-hybridized carbons (Fsp3) is 0.500. The number of nitrogens with zero attached hydrogens (tertiary/aromatic N) is 1. The molecule has 0 aliphatic heterocycles. The van der Waals surface area contributed by atoms with E-state index in [-0.39, 0.29) is 5.75 Å². The molecule has 1 saturated carbocycles. The number of ether oxygens (including phenoxy) is 1. The quantitative estimate of drug-likeness (QED) is 0.818. The third-order valence-corrected chi connectivity index (χ3v) is 3.34. The molecule has 0 radical (unpaired) electrons. The van der Waals surface area contributed by atoms with Crippen LogP contribution in [0.1, 0.15) is 37.7 Å². The van der Waals surface area contributed by atoms with Crippen LogP contribution in [-0.2, 0) is 0 Å². The summed E-state index contributed by atoms with van der Waals surface area (Å²) in [4.78, 5) is 0. The van der Waals surface area contributed by atoms with Crippen LogP contribution in [0.15, 0.2) is 12.1 Å². The van der Waals surface area contributed by atoms with E-state index in [1.54, 1.807) is 0 Å². The van der Waals surface area contributed by atoms with Crippen LogP contribution in [0.25, 0.3) is 0 Å². The first-order valence-corrected chi connectivity index (χ1v) is 6.22. The summed E-state index contributed by atoms with van der Waals surface area (Å²) in [7, 11) is 0. The molecule has 1 aliphatic rings. The van der Waals surface area contributed by atoms with Crippen molar-refractivity contribution in [3.63, 3.8) is 0 Å². The molecule has 0 bridgehead atoms. The van der Waals surface area contributed by atoms with Gasteiger partial charge in [0.2, 0.25) is 0 Å². The van der Waals surface area contributed by atoms with Gasteiger partial charge in [0.05, 0.1) is 6.61 Å². The van der Waals surface area contributed by atoms with E-state index >= 15 is 0 Å². The third kappa shape index (κ3) is 2.98. The van der Waals surface area contributed by atoms with E-state index in [1.165, 1.54) is 25.3 Å². The van der Waals surface area contributed by atoms with E-state index in [0.717, 1.165) is 25.0 Å². The van der Waals surface area contributed by atoms with Crippen molar-refractivity contribution in [2.24, 2.45) is 5.92 Å². The van der Waals surface area contributed by atoms with Crippen molar-refractivity contribution in [1.29, 1.82) is 5.26 Å². The smallest absolute Gasteiger partial charge is 0.147 e. The number of hydrogen-bond acceptors (Lipinski definition) is 2. The predicted molar refractivity (Wildman–Crippen MR) is 63.1 cm³/mol. The van der Waals surface area contributed by atoms with Crippen molar-refractivity contribution in [2.45, 2.75) is 32.1 Å². The highest BCUT2D eigenvalue weighted by Gasteiger charge is 2.15. The van der Waals surface area contributed by atoms with E-state index in [4.69, 9.17) is 10.00 Å². The molecule has 0 aromatic heterocycles. The van der Waals surface area contributed by atoms with Crippen molar-refractivity contribution in [2.75, 3.05) is 6.61 Å². The van der Waals surface area contributed by atoms with Gasteiger partial charge in [0, 0.05) is 12.1 Å². The molecule has 2 nitrogen and oxygen atoms in total. The lowest BCUT2D eigenvalue weighted by Gasteiger charge is -2.21. The Morgan fingerprint density at radius 3 is 2.33 bits per heavy atom. The largest absolute Gasteiger partial charge is 0.493 e. The minimum atomic E-state index is -0.865. The topological polar surface area (TPSA) is 33.0 Å². The molecule has 2 rings (SSSR count). The van der Waals surface area contributed by atoms with Gasteiger partial charge in [0.1, 0.15) is 29.0 Å². The molecule has 0 atom stereocenters. The Morgan fingerprint density at radius 2 is 1.78 bits per heavy atom. The Labute approximate surface area is 105 Å². The molecule has 0 saturated heterocycles. The lowest BCUT2D eigenvalue weighted by molar-refractivity contribution is 0.207. The molecule has 0 unspecified atom stereocenters. The van der Waals surface area contributed by atoms with Crippen LogP contribution < -0.4 is 4.74 Å². The maximum atomic E-state index is 13.3. The van der Waals surface area contributed by atoms with Gasteiger partial charge < -0.3 is 4.74 Å².